The molecule has 0 unspecified atom stereocenters. The molecule has 0 saturated heterocycles. The van der Waals surface area contributed by atoms with Crippen LogP contribution in [0.15, 0.2) is 52.1 Å². The molecule has 1 heterocycles. The lowest BCUT2D eigenvalue weighted by Crippen LogP contribution is -2.25. The van der Waals surface area contributed by atoms with Gasteiger partial charge in [0.05, 0.1) is 12.2 Å². The summed E-state index contributed by atoms with van der Waals surface area (Å²) in [6, 6.07) is 12.1. The maximum absolute atomic E-state index is 12.7. The third-order valence-corrected chi connectivity index (χ3v) is 3.43. The van der Waals surface area contributed by atoms with Gasteiger partial charge in [-0.05, 0) is 23.8 Å². The van der Waals surface area contributed by atoms with Gasteiger partial charge in [-0.15, -0.1) is 0 Å². The number of H-pyrrole nitrogens is 2. The van der Waals surface area contributed by atoms with Crippen LogP contribution >= 0.6 is 0 Å². The lowest BCUT2D eigenvalue weighted by Gasteiger charge is -2.13. The second-order valence-corrected chi connectivity index (χ2v) is 5.05. The maximum Gasteiger partial charge on any atom is 0.327 e. The Morgan fingerprint density at radius 2 is 1.92 bits per heavy atom. The first-order valence-corrected chi connectivity index (χ1v) is 7.38. The molecule has 0 aliphatic carbocycles. The molecule has 7 heteroatoms. The zero-order valence-electron chi connectivity index (χ0n) is 12.9. The molecule has 0 bridgehead atoms. The molecule has 1 amide bonds. The van der Waals surface area contributed by atoms with E-state index in [-0.39, 0.29) is 5.82 Å². The van der Waals surface area contributed by atoms with Crippen molar-refractivity contribution in [1.82, 2.24) is 9.97 Å². The van der Waals surface area contributed by atoms with Crippen LogP contribution in [0, 0.1) is 0 Å². The van der Waals surface area contributed by atoms with E-state index in [1.165, 1.54) is 0 Å². The van der Waals surface area contributed by atoms with Crippen molar-refractivity contribution >= 4 is 22.5 Å². The van der Waals surface area contributed by atoms with Crippen molar-refractivity contribution in [3.05, 3.63) is 68.9 Å². The zero-order chi connectivity index (χ0) is 17.1. The molecule has 7 nitrogen and oxygen atoms in total. The van der Waals surface area contributed by atoms with Gasteiger partial charge in [0.15, 0.2) is 0 Å². The molecule has 0 spiro atoms. The number of carbonyl (C=O) groups is 1. The van der Waals surface area contributed by atoms with Crippen LogP contribution in [-0.4, -0.2) is 22.5 Å². The summed E-state index contributed by atoms with van der Waals surface area (Å²) in [6.45, 7) is 2.23. The number of rotatable bonds is 4. The number of hydrogen-bond acceptors (Lipinski definition) is 4. The Bertz CT molecular complexity index is 992. The van der Waals surface area contributed by atoms with Gasteiger partial charge in [0.2, 0.25) is 0 Å². The number of aromatic amines is 2. The summed E-state index contributed by atoms with van der Waals surface area (Å²) in [7, 11) is 0. The Hall–Kier alpha value is -3.35. The van der Waals surface area contributed by atoms with Crippen molar-refractivity contribution in [2.24, 2.45) is 0 Å². The van der Waals surface area contributed by atoms with Crippen LogP contribution in [0.1, 0.15) is 17.3 Å². The quantitative estimate of drug-likeness (QED) is 0.681. The van der Waals surface area contributed by atoms with E-state index in [0.717, 1.165) is 11.5 Å². The molecule has 1 aromatic heterocycles. The van der Waals surface area contributed by atoms with Crippen LogP contribution in [0.25, 0.3) is 10.8 Å². The minimum atomic E-state index is -0.694. The normalized spacial score (nSPS) is 10.5. The molecule has 3 N–H and O–H groups in total. The molecule has 122 valence electrons. The highest BCUT2D eigenvalue weighted by atomic mass is 16.5. The van der Waals surface area contributed by atoms with Crippen LogP contribution in [0.5, 0.6) is 5.75 Å². The minimum Gasteiger partial charge on any atom is -0.493 e. The highest BCUT2D eigenvalue weighted by molar-refractivity contribution is 6.14. The SMILES string of the molecule is CCOc1ccc2ccccc2c1C(=O)Nc1cc(=O)[nH]c(=O)[nH]1. The molecule has 3 rings (SSSR count). The zero-order valence-corrected chi connectivity index (χ0v) is 12.9. The molecular formula is C17H15N3O4. The van der Waals surface area contributed by atoms with Crippen molar-refractivity contribution in [1.29, 1.82) is 0 Å². The van der Waals surface area contributed by atoms with E-state index in [9.17, 15) is 14.4 Å². The molecule has 0 radical (unpaired) electrons. The first kappa shape index (κ1) is 15.5. The fourth-order valence-corrected chi connectivity index (χ4v) is 2.48. The number of aromatic nitrogens is 2. The second kappa shape index (κ2) is 6.41. The predicted molar refractivity (Wildman–Crippen MR) is 90.8 cm³/mol. The topological polar surface area (TPSA) is 104 Å². The fourth-order valence-electron chi connectivity index (χ4n) is 2.48. The number of nitrogens with one attached hydrogen (secondary N) is 3. The van der Waals surface area contributed by atoms with Gasteiger partial charge >= 0.3 is 5.69 Å². The summed E-state index contributed by atoms with van der Waals surface area (Å²) < 4.78 is 5.55. The van der Waals surface area contributed by atoms with E-state index in [1.807, 2.05) is 42.2 Å². The van der Waals surface area contributed by atoms with Crippen molar-refractivity contribution in [3.8, 4) is 5.75 Å². The molecule has 2 aromatic carbocycles. The molecule has 3 aromatic rings. The molecular weight excluding hydrogens is 310 g/mol. The number of ether oxygens (including phenoxy) is 1. The standard InChI is InChI=1S/C17H15N3O4/c1-2-24-12-8-7-10-5-3-4-6-11(10)15(12)16(22)18-13-9-14(21)20-17(23)19-13/h3-9H,2H2,1H3,(H3,18,19,20,21,22,23). The van der Waals surface area contributed by atoms with Gasteiger partial charge in [-0.1, -0.05) is 30.3 Å². The van der Waals surface area contributed by atoms with Crippen molar-refractivity contribution < 1.29 is 9.53 Å². The number of hydrogen-bond donors (Lipinski definition) is 3. The third kappa shape index (κ3) is 3.05. The lowest BCUT2D eigenvalue weighted by molar-refractivity contribution is 0.102. The van der Waals surface area contributed by atoms with Gasteiger partial charge in [-0.2, -0.15) is 0 Å². The first-order chi connectivity index (χ1) is 11.6. The Morgan fingerprint density at radius 3 is 2.67 bits per heavy atom. The number of anilines is 1. The van der Waals surface area contributed by atoms with E-state index in [2.05, 4.69) is 10.3 Å². The Kier molecular flexibility index (Phi) is 4.15. The smallest absolute Gasteiger partial charge is 0.327 e. The van der Waals surface area contributed by atoms with Crippen LogP contribution in [0.2, 0.25) is 0 Å². The third-order valence-electron chi connectivity index (χ3n) is 3.43. The second-order valence-electron chi connectivity index (χ2n) is 5.05. The fraction of sp³-hybridized carbons (Fsp3) is 0.118. The van der Waals surface area contributed by atoms with Gasteiger partial charge in [0, 0.05) is 6.07 Å². The molecule has 0 saturated carbocycles. The van der Waals surface area contributed by atoms with Crippen LogP contribution in [0.3, 0.4) is 0 Å². The van der Waals surface area contributed by atoms with E-state index < -0.39 is 17.2 Å². The van der Waals surface area contributed by atoms with Gasteiger partial charge < -0.3 is 10.1 Å². The van der Waals surface area contributed by atoms with Crippen LogP contribution < -0.4 is 21.3 Å². The Balaban J connectivity index is 2.09. The van der Waals surface area contributed by atoms with Crippen LogP contribution in [0.4, 0.5) is 5.82 Å². The van der Waals surface area contributed by atoms with E-state index >= 15 is 0 Å². The van der Waals surface area contributed by atoms with Gasteiger partial charge in [-0.25, -0.2) is 4.79 Å². The summed E-state index contributed by atoms with van der Waals surface area (Å²) in [5.74, 6) is -0.0264. The average Bonchev–Trinajstić information content (AvgIpc) is 2.53. The summed E-state index contributed by atoms with van der Waals surface area (Å²) in [4.78, 5) is 39.8. The summed E-state index contributed by atoms with van der Waals surface area (Å²) >= 11 is 0. The summed E-state index contributed by atoms with van der Waals surface area (Å²) in [6.07, 6.45) is 0. The summed E-state index contributed by atoms with van der Waals surface area (Å²) in [5.41, 5.74) is -0.950. The Labute approximate surface area is 136 Å². The van der Waals surface area contributed by atoms with Gasteiger partial charge in [0.25, 0.3) is 11.5 Å². The predicted octanol–water partition coefficient (Wildman–Crippen LogP) is 1.87. The minimum absolute atomic E-state index is 0.0177. The molecule has 24 heavy (non-hydrogen) atoms. The summed E-state index contributed by atoms with van der Waals surface area (Å²) in [5, 5.41) is 4.13. The van der Waals surface area contributed by atoms with Crippen molar-refractivity contribution in [2.45, 2.75) is 6.92 Å². The maximum atomic E-state index is 12.7. The molecule has 0 fully saturated rings. The highest BCUT2D eigenvalue weighted by Gasteiger charge is 2.17. The Morgan fingerprint density at radius 1 is 1.12 bits per heavy atom. The van der Waals surface area contributed by atoms with Crippen molar-refractivity contribution in [3.63, 3.8) is 0 Å². The largest absolute Gasteiger partial charge is 0.493 e. The highest BCUT2D eigenvalue weighted by Crippen LogP contribution is 2.28. The van der Waals surface area contributed by atoms with Gasteiger partial charge in [-0.3, -0.25) is 19.6 Å². The van der Waals surface area contributed by atoms with E-state index in [1.54, 1.807) is 6.07 Å². The molecule has 0 aliphatic rings. The van der Waals surface area contributed by atoms with Crippen LogP contribution in [-0.2, 0) is 0 Å². The first-order valence-electron chi connectivity index (χ1n) is 7.38. The number of benzene rings is 2. The van der Waals surface area contributed by atoms with Crippen molar-refractivity contribution in [2.75, 3.05) is 11.9 Å². The molecule has 0 aliphatic heterocycles. The number of carbonyl (C=O) groups excluding carboxylic acids is 1. The van der Waals surface area contributed by atoms with E-state index in [0.29, 0.717) is 23.3 Å². The number of fused-ring (bicyclic) bond motifs is 1. The van der Waals surface area contributed by atoms with Gasteiger partial charge in [0.1, 0.15) is 11.6 Å². The lowest BCUT2D eigenvalue weighted by atomic mass is 10.0. The van der Waals surface area contributed by atoms with E-state index in [4.69, 9.17) is 4.74 Å². The molecule has 0 atom stereocenters. The monoisotopic (exact) mass is 325 g/mol. The average molecular weight is 325 g/mol. The number of amides is 1.